The van der Waals surface area contributed by atoms with E-state index in [0.717, 1.165) is 5.56 Å². The molecule has 1 fully saturated rings. The molecule has 21 heavy (non-hydrogen) atoms. The van der Waals surface area contributed by atoms with E-state index in [4.69, 9.17) is 27.9 Å². The summed E-state index contributed by atoms with van der Waals surface area (Å²) in [7, 11) is 0. The number of ether oxygens (including phenoxy) is 1. The predicted octanol–water partition coefficient (Wildman–Crippen LogP) is 2.24. The van der Waals surface area contributed by atoms with E-state index in [1.165, 1.54) is 0 Å². The van der Waals surface area contributed by atoms with E-state index < -0.39 is 0 Å². The number of urea groups is 1. The van der Waals surface area contributed by atoms with Gasteiger partial charge in [-0.05, 0) is 17.7 Å². The molecule has 0 aromatic heterocycles. The maximum absolute atomic E-state index is 12.5. The first kappa shape index (κ1) is 16.4. The molecule has 2 amide bonds. The molecule has 1 saturated heterocycles. The third-order valence-corrected chi connectivity index (χ3v) is 4.02. The maximum atomic E-state index is 12.5. The normalized spacial score (nSPS) is 15.1. The highest BCUT2D eigenvalue weighted by Crippen LogP contribution is 2.23. The van der Waals surface area contributed by atoms with Gasteiger partial charge in [0.15, 0.2) is 0 Å². The van der Waals surface area contributed by atoms with E-state index in [9.17, 15) is 9.90 Å². The fourth-order valence-electron chi connectivity index (χ4n) is 2.18. The quantitative estimate of drug-likeness (QED) is 0.919. The standard InChI is InChI=1S/C14H18Cl2N2O3/c15-12-2-1-11(9-13(12)16)10-18(3-6-19)14(20)17-4-7-21-8-5-17/h1-2,9,19H,3-8,10H2. The molecule has 0 aliphatic carbocycles. The van der Waals surface area contributed by atoms with Crippen molar-refractivity contribution in [3.63, 3.8) is 0 Å². The highest BCUT2D eigenvalue weighted by Gasteiger charge is 2.22. The van der Waals surface area contributed by atoms with Crippen molar-refractivity contribution < 1.29 is 14.6 Å². The third-order valence-electron chi connectivity index (χ3n) is 3.28. The minimum Gasteiger partial charge on any atom is -0.395 e. The van der Waals surface area contributed by atoms with E-state index in [1.807, 2.05) is 6.07 Å². The molecule has 1 aliphatic heterocycles. The van der Waals surface area contributed by atoms with Crippen LogP contribution in [0, 0.1) is 0 Å². The van der Waals surface area contributed by atoms with E-state index in [0.29, 0.717) is 42.9 Å². The van der Waals surface area contributed by atoms with E-state index in [1.54, 1.807) is 21.9 Å². The van der Waals surface area contributed by atoms with Gasteiger partial charge in [0.1, 0.15) is 0 Å². The molecule has 0 bridgehead atoms. The van der Waals surface area contributed by atoms with Gasteiger partial charge in [-0.1, -0.05) is 29.3 Å². The lowest BCUT2D eigenvalue weighted by atomic mass is 10.2. The van der Waals surface area contributed by atoms with Crippen molar-refractivity contribution in [3.05, 3.63) is 33.8 Å². The summed E-state index contributed by atoms with van der Waals surface area (Å²) in [6.07, 6.45) is 0. The second-order valence-electron chi connectivity index (χ2n) is 4.78. The number of halogens is 2. The van der Waals surface area contributed by atoms with Crippen LogP contribution in [0.5, 0.6) is 0 Å². The molecule has 0 spiro atoms. The van der Waals surface area contributed by atoms with Gasteiger partial charge < -0.3 is 19.6 Å². The molecule has 0 atom stereocenters. The maximum Gasteiger partial charge on any atom is 0.320 e. The highest BCUT2D eigenvalue weighted by atomic mass is 35.5. The molecule has 5 nitrogen and oxygen atoms in total. The predicted molar refractivity (Wildman–Crippen MR) is 81.7 cm³/mol. The lowest BCUT2D eigenvalue weighted by Gasteiger charge is -2.32. The zero-order valence-electron chi connectivity index (χ0n) is 11.6. The zero-order chi connectivity index (χ0) is 15.2. The summed E-state index contributed by atoms with van der Waals surface area (Å²) < 4.78 is 5.24. The molecule has 1 aromatic rings. The monoisotopic (exact) mass is 332 g/mol. The Balaban J connectivity index is 2.06. The Kier molecular flexibility index (Phi) is 6.11. The number of carbonyl (C=O) groups is 1. The molecule has 2 rings (SSSR count). The summed E-state index contributed by atoms with van der Waals surface area (Å²) in [4.78, 5) is 15.8. The molecule has 1 N–H and O–H groups in total. The van der Waals surface area contributed by atoms with Gasteiger partial charge in [0.25, 0.3) is 0 Å². The van der Waals surface area contributed by atoms with Crippen LogP contribution >= 0.6 is 23.2 Å². The number of benzene rings is 1. The summed E-state index contributed by atoms with van der Waals surface area (Å²) in [5.41, 5.74) is 0.874. The Hall–Kier alpha value is -1.01. The molecule has 0 saturated carbocycles. The van der Waals surface area contributed by atoms with Gasteiger partial charge in [-0.2, -0.15) is 0 Å². The minimum atomic E-state index is -0.0987. The van der Waals surface area contributed by atoms with Crippen LogP contribution in [0.3, 0.4) is 0 Å². The van der Waals surface area contributed by atoms with Gasteiger partial charge >= 0.3 is 6.03 Å². The average molecular weight is 333 g/mol. The number of rotatable bonds is 4. The second-order valence-corrected chi connectivity index (χ2v) is 5.59. The summed E-state index contributed by atoms with van der Waals surface area (Å²) in [5, 5.41) is 10.1. The summed E-state index contributed by atoms with van der Waals surface area (Å²) >= 11 is 11.9. The van der Waals surface area contributed by atoms with Crippen LogP contribution in [0.2, 0.25) is 10.0 Å². The summed E-state index contributed by atoms with van der Waals surface area (Å²) in [5.74, 6) is 0. The average Bonchev–Trinajstić information content (AvgIpc) is 2.50. The SMILES string of the molecule is O=C(N1CCOCC1)N(CCO)Cc1ccc(Cl)c(Cl)c1. The van der Waals surface area contributed by atoms with Crippen LogP contribution in [-0.4, -0.2) is 60.4 Å². The van der Waals surface area contributed by atoms with Gasteiger partial charge in [-0.25, -0.2) is 4.79 Å². The lowest BCUT2D eigenvalue weighted by Crippen LogP contribution is -2.48. The molecular weight excluding hydrogens is 315 g/mol. The molecule has 116 valence electrons. The number of hydrogen-bond acceptors (Lipinski definition) is 3. The smallest absolute Gasteiger partial charge is 0.320 e. The van der Waals surface area contributed by atoms with Crippen LogP contribution in [0.15, 0.2) is 18.2 Å². The zero-order valence-corrected chi connectivity index (χ0v) is 13.1. The fourth-order valence-corrected chi connectivity index (χ4v) is 2.50. The summed E-state index contributed by atoms with van der Waals surface area (Å²) in [6.45, 7) is 2.81. The van der Waals surface area contributed by atoms with Crippen LogP contribution < -0.4 is 0 Å². The Bertz CT molecular complexity index is 493. The Labute approximate surface area is 134 Å². The number of carbonyl (C=O) groups excluding carboxylic acids is 1. The highest BCUT2D eigenvalue weighted by molar-refractivity contribution is 6.42. The van der Waals surface area contributed by atoms with Gasteiger partial charge in [0.2, 0.25) is 0 Å². The van der Waals surface area contributed by atoms with Crippen molar-refractivity contribution in [3.8, 4) is 0 Å². The first-order valence-electron chi connectivity index (χ1n) is 6.78. The van der Waals surface area contributed by atoms with Crippen molar-refractivity contribution in [2.24, 2.45) is 0 Å². The van der Waals surface area contributed by atoms with Crippen LogP contribution in [0.4, 0.5) is 4.79 Å². The van der Waals surface area contributed by atoms with E-state index in [-0.39, 0.29) is 19.2 Å². The third kappa shape index (κ3) is 4.48. The Morgan fingerprint density at radius 1 is 1.29 bits per heavy atom. The molecule has 0 unspecified atom stereocenters. The Morgan fingerprint density at radius 2 is 2.00 bits per heavy atom. The molecule has 0 radical (unpaired) electrons. The fraction of sp³-hybridized carbons (Fsp3) is 0.500. The topological polar surface area (TPSA) is 53.0 Å². The summed E-state index contributed by atoms with van der Waals surface area (Å²) in [6, 6.07) is 5.17. The van der Waals surface area contributed by atoms with Crippen molar-refractivity contribution in [2.45, 2.75) is 6.54 Å². The Morgan fingerprint density at radius 3 is 2.62 bits per heavy atom. The van der Waals surface area contributed by atoms with Crippen LogP contribution in [0.25, 0.3) is 0 Å². The number of aliphatic hydroxyl groups is 1. The van der Waals surface area contributed by atoms with Gasteiger partial charge in [-0.15, -0.1) is 0 Å². The van der Waals surface area contributed by atoms with Gasteiger partial charge in [0, 0.05) is 26.2 Å². The van der Waals surface area contributed by atoms with Crippen LogP contribution in [0.1, 0.15) is 5.56 Å². The molecular formula is C14H18Cl2N2O3. The molecule has 1 aromatic carbocycles. The number of hydrogen-bond donors (Lipinski definition) is 1. The van der Waals surface area contributed by atoms with Gasteiger partial charge in [0.05, 0.1) is 29.9 Å². The number of nitrogens with zero attached hydrogens (tertiary/aromatic N) is 2. The lowest BCUT2D eigenvalue weighted by molar-refractivity contribution is 0.0410. The largest absolute Gasteiger partial charge is 0.395 e. The van der Waals surface area contributed by atoms with Crippen molar-refractivity contribution >= 4 is 29.2 Å². The number of morpholine rings is 1. The first-order chi connectivity index (χ1) is 10.1. The van der Waals surface area contributed by atoms with E-state index in [2.05, 4.69) is 0 Å². The van der Waals surface area contributed by atoms with Crippen molar-refractivity contribution in [2.75, 3.05) is 39.5 Å². The van der Waals surface area contributed by atoms with Gasteiger partial charge in [-0.3, -0.25) is 0 Å². The number of aliphatic hydroxyl groups excluding tert-OH is 1. The van der Waals surface area contributed by atoms with Crippen LogP contribution in [-0.2, 0) is 11.3 Å². The van der Waals surface area contributed by atoms with E-state index >= 15 is 0 Å². The number of amides is 2. The first-order valence-corrected chi connectivity index (χ1v) is 7.54. The second kappa shape index (κ2) is 7.84. The van der Waals surface area contributed by atoms with Crippen molar-refractivity contribution in [1.29, 1.82) is 0 Å². The minimum absolute atomic E-state index is 0.0859. The molecule has 1 heterocycles. The molecule has 7 heteroatoms. The van der Waals surface area contributed by atoms with Crippen molar-refractivity contribution in [1.82, 2.24) is 9.80 Å². The molecule has 1 aliphatic rings.